The van der Waals surface area contributed by atoms with E-state index in [1.54, 1.807) is 35.0 Å². The summed E-state index contributed by atoms with van der Waals surface area (Å²) in [4.78, 5) is 16.1. The normalized spacial score (nSPS) is 10.3. The Bertz CT molecular complexity index is 542. The van der Waals surface area contributed by atoms with Crippen LogP contribution in [0.5, 0.6) is 0 Å². The molecule has 0 aliphatic rings. The fraction of sp³-hybridized carbons (Fsp3) is 0.167. The lowest BCUT2D eigenvalue weighted by molar-refractivity contribution is 0.0953. The van der Waals surface area contributed by atoms with E-state index in [1.165, 1.54) is 0 Å². The number of anilines is 1. The number of amides is 1. The minimum atomic E-state index is -0.135. The number of nitrogens with zero attached hydrogens (tertiary/aromatic N) is 1. The number of carbonyl (C=O) groups is 1. The first-order valence-corrected chi connectivity index (χ1v) is 7.11. The molecule has 18 heavy (non-hydrogen) atoms. The Morgan fingerprint density at radius 1 is 1.50 bits per heavy atom. The summed E-state index contributed by atoms with van der Waals surface area (Å²) in [7, 11) is 0. The average Bonchev–Trinajstić information content (AvgIpc) is 2.85. The summed E-state index contributed by atoms with van der Waals surface area (Å²) < 4.78 is 0.635. The number of rotatable bonds is 4. The number of benzene rings is 1. The Kier molecular flexibility index (Phi) is 4.33. The molecule has 1 amide bonds. The van der Waals surface area contributed by atoms with Gasteiger partial charge in [-0.1, -0.05) is 6.07 Å². The topological polar surface area (TPSA) is 68.0 Å². The number of hydrogen-bond acceptors (Lipinski definition) is 4. The third-order valence-corrected chi connectivity index (χ3v) is 3.94. The molecule has 4 nitrogen and oxygen atoms in total. The number of thiazole rings is 1. The maximum absolute atomic E-state index is 11.9. The number of aromatic nitrogens is 1. The molecular formula is C12H12BrN3OS. The summed E-state index contributed by atoms with van der Waals surface area (Å²) in [5.41, 5.74) is 9.61. The summed E-state index contributed by atoms with van der Waals surface area (Å²) >= 11 is 4.87. The van der Waals surface area contributed by atoms with Gasteiger partial charge in [0.05, 0.1) is 21.2 Å². The van der Waals surface area contributed by atoms with E-state index in [2.05, 4.69) is 26.2 Å². The van der Waals surface area contributed by atoms with Crippen molar-refractivity contribution < 1.29 is 4.79 Å². The van der Waals surface area contributed by atoms with Crippen molar-refractivity contribution in [3.63, 3.8) is 0 Å². The highest BCUT2D eigenvalue weighted by atomic mass is 79.9. The van der Waals surface area contributed by atoms with Gasteiger partial charge < -0.3 is 11.1 Å². The summed E-state index contributed by atoms with van der Waals surface area (Å²) in [5, 5.41) is 4.82. The van der Waals surface area contributed by atoms with Crippen molar-refractivity contribution in [2.24, 2.45) is 0 Å². The molecule has 0 atom stereocenters. The van der Waals surface area contributed by atoms with Crippen LogP contribution in [0, 0.1) is 0 Å². The summed E-state index contributed by atoms with van der Waals surface area (Å²) in [5.74, 6) is -0.135. The van der Waals surface area contributed by atoms with E-state index < -0.39 is 0 Å². The van der Waals surface area contributed by atoms with Crippen molar-refractivity contribution in [3.05, 3.63) is 44.8 Å². The van der Waals surface area contributed by atoms with Gasteiger partial charge in [0, 0.05) is 24.0 Å². The van der Waals surface area contributed by atoms with Crippen LogP contribution in [-0.4, -0.2) is 17.4 Å². The molecule has 0 bridgehead atoms. The quantitative estimate of drug-likeness (QED) is 0.848. The minimum Gasteiger partial charge on any atom is -0.398 e. The van der Waals surface area contributed by atoms with Crippen LogP contribution < -0.4 is 11.1 Å². The number of carbonyl (C=O) groups excluding carboxylic acids is 1. The monoisotopic (exact) mass is 325 g/mol. The summed E-state index contributed by atoms with van der Waals surface area (Å²) in [6, 6.07) is 5.24. The molecule has 1 aromatic heterocycles. The van der Waals surface area contributed by atoms with Gasteiger partial charge in [-0.2, -0.15) is 0 Å². The predicted octanol–water partition coefficient (Wildman–Crippen LogP) is 2.46. The van der Waals surface area contributed by atoms with E-state index in [0.717, 1.165) is 12.1 Å². The van der Waals surface area contributed by atoms with Crippen molar-refractivity contribution in [1.82, 2.24) is 10.3 Å². The maximum atomic E-state index is 11.9. The van der Waals surface area contributed by atoms with Crippen LogP contribution in [0.2, 0.25) is 0 Å². The Hall–Kier alpha value is -1.40. The van der Waals surface area contributed by atoms with Crippen LogP contribution >= 0.6 is 27.3 Å². The first-order chi connectivity index (χ1) is 8.68. The molecule has 3 N–H and O–H groups in total. The standard InChI is InChI=1S/C12H12BrN3OS/c13-11-9(2-1-3-10(11)14)12(17)15-5-4-8-6-18-7-16-8/h1-3,6-7H,4-5,14H2,(H,15,17). The SMILES string of the molecule is Nc1cccc(C(=O)NCCc2cscn2)c1Br. The van der Waals surface area contributed by atoms with Gasteiger partial charge in [-0.25, -0.2) is 4.98 Å². The first-order valence-electron chi connectivity index (χ1n) is 5.37. The van der Waals surface area contributed by atoms with Crippen LogP contribution in [0.3, 0.4) is 0 Å². The minimum absolute atomic E-state index is 0.135. The molecule has 2 aromatic rings. The smallest absolute Gasteiger partial charge is 0.252 e. The number of hydrogen-bond donors (Lipinski definition) is 2. The summed E-state index contributed by atoms with van der Waals surface area (Å²) in [6.07, 6.45) is 0.731. The van der Waals surface area contributed by atoms with Gasteiger partial charge in [-0.05, 0) is 28.1 Å². The van der Waals surface area contributed by atoms with Gasteiger partial charge in [-0.3, -0.25) is 4.79 Å². The van der Waals surface area contributed by atoms with Crippen LogP contribution in [0.15, 0.2) is 33.6 Å². The number of halogens is 1. The van der Waals surface area contributed by atoms with E-state index >= 15 is 0 Å². The second-order valence-electron chi connectivity index (χ2n) is 3.69. The lowest BCUT2D eigenvalue weighted by Gasteiger charge is -2.07. The predicted molar refractivity (Wildman–Crippen MR) is 76.7 cm³/mol. The highest BCUT2D eigenvalue weighted by Gasteiger charge is 2.11. The van der Waals surface area contributed by atoms with Gasteiger partial charge >= 0.3 is 0 Å². The highest BCUT2D eigenvalue weighted by Crippen LogP contribution is 2.23. The van der Waals surface area contributed by atoms with Crippen LogP contribution in [0.4, 0.5) is 5.69 Å². The number of nitrogen functional groups attached to an aromatic ring is 1. The molecule has 1 heterocycles. The fourth-order valence-electron chi connectivity index (χ4n) is 1.49. The Balaban J connectivity index is 1.93. The molecule has 6 heteroatoms. The molecule has 2 rings (SSSR count). The van der Waals surface area contributed by atoms with Gasteiger partial charge in [0.1, 0.15) is 0 Å². The Labute approximate surface area is 117 Å². The highest BCUT2D eigenvalue weighted by molar-refractivity contribution is 9.10. The maximum Gasteiger partial charge on any atom is 0.252 e. The van der Waals surface area contributed by atoms with Crippen molar-refractivity contribution in [2.45, 2.75) is 6.42 Å². The van der Waals surface area contributed by atoms with E-state index in [0.29, 0.717) is 22.3 Å². The average molecular weight is 326 g/mol. The van der Waals surface area contributed by atoms with E-state index in [-0.39, 0.29) is 5.91 Å². The molecule has 0 fully saturated rings. The third kappa shape index (κ3) is 3.08. The summed E-state index contributed by atoms with van der Waals surface area (Å²) in [6.45, 7) is 0.559. The Morgan fingerprint density at radius 2 is 2.33 bits per heavy atom. The molecule has 0 aliphatic carbocycles. The first kappa shape index (κ1) is 13.0. The zero-order chi connectivity index (χ0) is 13.0. The largest absolute Gasteiger partial charge is 0.398 e. The molecule has 0 aliphatic heterocycles. The van der Waals surface area contributed by atoms with Crippen LogP contribution in [0.1, 0.15) is 16.1 Å². The van der Waals surface area contributed by atoms with Gasteiger partial charge in [0.2, 0.25) is 0 Å². The fourth-order valence-corrected chi connectivity index (χ4v) is 2.52. The zero-order valence-electron chi connectivity index (χ0n) is 9.52. The zero-order valence-corrected chi connectivity index (χ0v) is 11.9. The number of nitrogens with two attached hydrogens (primary N) is 1. The Morgan fingerprint density at radius 3 is 3.06 bits per heavy atom. The second-order valence-corrected chi connectivity index (χ2v) is 5.21. The molecule has 0 spiro atoms. The number of nitrogens with one attached hydrogen (secondary N) is 1. The van der Waals surface area contributed by atoms with Gasteiger partial charge in [0.25, 0.3) is 5.91 Å². The second kappa shape index (κ2) is 5.97. The van der Waals surface area contributed by atoms with Gasteiger partial charge in [0.15, 0.2) is 0 Å². The molecule has 0 saturated carbocycles. The van der Waals surface area contributed by atoms with E-state index in [4.69, 9.17) is 5.73 Å². The molecule has 0 radical (unpaired) electrons. The molecule has 0 unspecified atom stereocenters. The lowest BCUT2D eigenvalue weighted by atomic mass is 10.2. The third-order valence-electron chi connectivity index (χ3n) is 2.42. The van der Waals surface area contributed by atoms with Crippen molar-refractivity contribution in [3.8, 4) is 0 Å². The van der Waals surface area contributed by atoms with E-state index in [9.17, 15) is 4.79 Å². The van der Waals surface area contributed by atoms with Crippen molar-refractivity contribution >= 4 is 38.9 Å². The molecular weight excluding hydrogens is 314 g/mol. The molecule has 1 aromatic carbocycles. The molecule has 0 saturated heterocycles. The van der Waals surface area contributed by atoms with Crippen molar-refractivity contribution in [1.29, 1.82) is 0 Å². The lowest BCUT2D eigenvalue weighted by Crippen LogP contribution is -2.26. The van der Waals surface area contributed by atoms with Crippen LogP contribution in [0.25, 0.3) is 0 Å². The van der Waals surface area contributed by atoms with E-state index in [1.807, 2.05) is 5.38 Å². The molecule has 94 valence electrons. The van der Waals surface area contributed by atoms with Gasteiger partial charge in [-0.15, -0.1) is 11.3 Å². The van der Waals surface area contributed by atoms with Crippen LogP contribution in [-0.2, 0) is 6.42 Å². The van der Waals surface area contributed by atoms with Crippen molar-refractivity contribution in [2.75, 3.05) is 12.3 Å².